The lowest BCUT2D eigenvalue weighted by Crippen LogP contribution is -2.60. The van der Waals surface area contributed by atoms with Gasteiger partial charge in [-0.05, 0) is 0 Å². The van der Waals surface area contributed by atoms with Gasteiger partial charge in [0.1, 0.15) is 18.3 Å². The first-order chi connectivity index (χ1) is 7.51. The van der Waals surface area contributed by atoms with E-state index in [1.54, 1.807) is 0 Å². The molecule has 0 spiro atoms. The van der Waals surface area contributed by atoms with Crippen molar-refractivity contribution in [1.29, 1.82) is 0 Å². The minimum Gasteiger partial charge on any atom is -0.454 e. The first kappa shape index (κ1) is 13.3. The van der Waals surface area contributed by atoms with Gasteiger partial charge in [0.25, 0.3) is 0 Å². The van der Waals surface area contributed by atoms with E-state index >= 15 is 0 Å². The first-order valence-corrected chi connectivity index (χ1v) is 4.83. The number of ether oxygens (including phenoxy) is 3. The highest BCUT2D eigenvalue weighted by Gasteiger charge is 2.46. The molecule has 1 heterocycles. The fourth-order valence-electron chi connectivity index (χ4n) is 1.56. The number of hydrogen-bond acceptors (Lipinski definition) is 7. The lowest BCUT2D eigenvalue weighted by Gasteiger charge is -2.40. The Kier molecular flexibility index (Phi) is 4.63. The van der Waals surface area contributed by atoms with Gasteiger partial charge >= 0.3 is 5.97 Å². The van der Waals surface area contributed by atoms with Crippen molar-refractivity contribution in [3.8, 4) is 0 Å². The van der Waals surface area contributed by atoms with Crippen LogP contribution in [0.3, 0.4) is 0 Å². The maximum atomic E-state index is 10.8. The third-order valence-corrected chi connectivity index (χ3v) is 2.36. The predicted octanol–water partition coefficient (Wildman–Crippen LogP) is -2.00. The van der Waals surface area contributed by atoms with Crippen LogP contribution in [0, 0.1) is 0 Å². The van der Waals surface area contributed by atoms with Crippen molar-refractivity contribution in [2.75, 3.05) is 13.7 Å². The lowest BCUT2D eigenvalue weighted by molar-refractivity contribution is -0.297. The molecule has 0 aliphatic carbocycles. The van der Waals surface area contributed by atoms with Crippen molar-refractivity contribution >= 4 is 5.97 Å². The van der Waals surface area contributed by atoms with Crippen LogP contribution in [-0.4, -0.2) is 65.7 Å². The fourth-order valence-corrected chi connectivity index (χ4v) is 1.56. The average molecular weight is 236 g/mol. The largest absolute Gasteiger partial charge is 0.454 e. The number of esters is 1. The molecule has 1 saturated heterocycles. The summed E-state index contributed by atoms with van der Waals surface area (Å²) in [6.45, 7) is 0.703. The van der Waals surface area contributed by atoms with E-state index < -0.39 is 43.3 Å². The molecule has 0 unspecified atom stereocenters. The van der Waals surface area contributed by atoms with Gasteiger partial charge in [-0.3, -0.25) is 4.79 Å². The second-order valence-electron chi connectivity index (χ2n) is 3.52. The fraction of sp³-hybridized carbons (Fsp3) is 0.889. The Bertz CT molecular complexity index is 242. The van der Waals surface area contributed by atoms with Gasteiger partial charge in [0.05, 0.1) is 6.61 Å². The molecule has 5 atom stereocenters. The third-order valence-electron chi connectivity index (χ3n) is 2.36. The van der Waals surface area contributed by atoms with Gasteiger partial charge in [-0.2, -0.15) is 0 Å². The Balaban J connectivity index is 2.77. The minimum atomic E-state index is -1.36. The normalized spacial score (nSPS) is 39.4. The first-order valence-electron chi connectivity index (χ1n) is 4.83. The Morgan fingerprint density at radius 1 is 1.38 bits per heavy atom. The number of hydrogen-bond donors (Lipinski definition) is 3. The Hall–Kier alpha value is -0.730. The molecular formula is C9H16O7. The van der Waals surface area contributed by atoms with E-state index in [9.17, 15) is 15.0 Å². The summed E-state index contributed by atoms with van der Waals surface area (Å²) in [5, 5.41) is 28.1. The molecule has 1 aliphatic heterocycles. The smallest absolute Gasteiger partial charge is 0.303 e. The Morgan fingerprint density at radius 2 is 2.00 bits per heavy atom. The molecule has 7 nitrogen and oxygen atoms in total. The van der Waals surface area contributed by atoms with Crippen molar-refractivity contribution in [3.05, 3.63) is 0 Å². The second kappa shape index (κ2) is 5.55. The molecule has 0 amide bonds. The topological polar surface area (TPSA) is 105 Å². The van der Waals surface area contributed by atoms with Crippen LogP contribution in [0.25, 0.3) is 0 Å². The molecule has 94 valence electrons. The van der Waals surface area contributed by atoms with Crippen LogP contribution in [-0.2, 0) is 19.0 Å². The van der Waals surface area contributed by atoms with Crippen molar-refractivity contribution in [2.24, 2.45) is 0 Å². The van der Waals surface area contributed by atoms with Gasteiger partial charge in [0, 0.05) is 14.0 Å². The number of methoxy groups -OCH3 is 1. The summed E-state index contributed by atoms with van der Waals surface area (Å²) in [5.41, 5.74) is 0. The molecular weight excluding hydrogens is 220 g/mol. The number of aliphatic hydroxyl groups excluding tert-OH is 3. The summed E-state index contributed by atoms with van der Waals surface area (Å²) in [4.78, 5) is 10.8. The summed E-state index contributed by atoms with van der Waals surface area (Å²) in [6.07, 6.45) is -5.79. The van der Waals surface area contributed by atoms with E-state index in [2.05, 4.69) is 0 Å². The monoisotopic (exact) mass is 236 g/mol. The average Bonchev–Trinajstić information content (AvgIpc) is 2.25. The van der Waals surface area contributed by atoms with Gasteiger partial charge in [-0.1, -0.05) is 0 Å². The molecule has 7 heteroatoms. The summed E-state index contributed by atoms with van der Waals surface area (Å²) in [5.74, 6) is -0.621. The van der Waals surface area contributed by atoms with Crippen LogP contribution in [0.4, 0.5) is 0 Å². The minimum absolute atomic E-state index is 0.467. The second-order valence-corrected chi connectivity index (χ2v) is 3.52. The van der Waals surface area contributed by atoms with E-state index in [-0.39, 0.29) is 0 Å². The zero-order valence-corrected chi connectivity index (χ0v) is 9.07. The SMILES string of the molecule is CO[C@H]1O[C@H](CO)[C@@H](O)[C@H](O)[C@H]1OC(C)=O. The van der Waals surface area contributed by atoms with Crippen molar-refractivity contribution in [2.45, 2.75) is 37.6 Å². The zero-order valence-electron chi connectivity index (χ0n) is 9.07. The molecule has 16 heavy (non-hydrogen) atoms. The van der Waals surface area contributed by atoms with Gasteiger partial charge < -0.3 is 29.5 Å². The highest BCUT2D eigenvalue weighted by Crippen LogP contribution is 2.23. The standard InChI is InChI=1S/C9H16O7/c1-4(11)15-8-7(13)6(12)5(3-10)16-9(8)14-2/h5-10,12-13H,3H2,1-2H3/t5-,6-,7+,8-,9+/m1/s1. The van der Waals surface area contributed by atoms with Crippen LogP contribution >= 0.6 is 0 Å². The van der Waals surface area contributed by atoms with Crippen molar-refractivity contribution in [3.63, 3.8) is 0 Å². The maximum Gasteiger partial charge on any atom is 0.303 e. The summed E-state index contributed by atoms with van der Waals surface area (Å²) < 4.78 is 14.8. The molecule has 0 radical (unpaired) electrons. The summed E-state index contributed by atoms with van der Waals surface area (Å²) in [7, 11) is 1.31. The van der Waals surface area contributed by atoms with E-state index in [1.807, 2.05) is 0 Å². The number of carbonyl (C=O) groups is 1. The highest BCUT2D eigenvalue weighted by molar-refractivity contribution is 5.66. The molecule has 0 saturated carbocycles. The van der Waals surface area contributed by atoms with Crippen LogP contribution < -0.4 is 0 Å². The molecule has 0 bridgehead atoms. The third kappa shape index (κ3) is 2.69. The number of carbonyl (C=O) groups excluding carboxylic acids is 1. The summed E-state index contributed by atoms with van der Waals surface area (Å²) in [6, 6.07) is 0. The molecule has 3 N–H and O–H groups in total. The number of rotatable bonds is 3. The van der Waals surface area contributed by atoms with E-state index in [1.165, 1.54) is 14.0 Å². The van der Waals surface area contributed by atoms with E-state index in [4.69, 9.17) is 19.3 Å². The predicted molar refractivity (Wildman–Crippen MR) is 50.3 cm³/mol. The van der Waals surface area contributed by atoms with E-state index in [0.717, 1.165) is 0 Å². The van der Waals surface area contributed by atoms with Crippen LogP contribution in [0.1, 0.15) is 6.92 Å². The Labute approximate surface area is 92.5 Å². The van der Waals surface area contributed by atoms with Crippen molar-refractivity contribution < 1.29 is 34.3 Å². The molecule has 1 aliphatic rings. The number of aliphatic hydroxyl groups is 3. The van der Waals surface area contributed by atoms with Crippen LogP contribution in [0.5, 0.6) is 0 Å². The summed E-state index contributed by atoms with van der Waals surface area (Å²) >= 11 is 0. The van der Waals surface area contributed by atoms with E-state index in [0.29, 0.717) is 0 Å². The Morgan fingerprint density at radius 3 is 2.44 bits per heavy atom. The van der Waals surface area contributed by atoms with Crippen LogP contribution in [0.15, 0.2) is 0 Å². The molecule has 1 fully saturated rings. The molecule has 0 aromatic rings. The van der Waals surface area contributed by atoms with Crippen LogP contribution in [0.2, 0.25) is 0 Å². The maximum absolute atomic E-state index is 10.8. The molecule has 0 aromatic carbocycles. The molecule has 0 aromatic heterocycles. The molecule has 1 rings (SSSR count). The van der Waals surface area contributed by atoms with Gasteiger partial charge in [0.15, 0.2) is 12.4 Å². The lowest BCUT2D eigenvalue weighted by atomic mass is 9.99. The quantitative estimate of drug-likeness (QED) is 0.487. The van der Waals surface area contributed by atoms with Gasteiger partial charge in [-0.25, -0.2) is 0 Å². The van der Waals surface area contributed by atoms with Gasteiger partial charge in [0.2, 0.25) is 0 Å². The zero-order chi connectivity index (χ0) is 12.3. The van der Waals surface area contributed by atoms with Gasteiger partial charge in [-0.15, -0.1) is 0 Å². The highest BCUT2D eigenvalue weighted by atomic mass is 16.7. The van der Waals surface area contributed by atoms with Crippen molar-refractivity contribution in [1.82, 2.24) is 0 Å².